The van der Waals surface area contributed by atoms with Crippen LogP contribution in [0.2, 0.25) is 0 Å². The fourth-order valence-electron chi connectivity index (χ4n) is 5.17. The van der Waals surface area contributed by atoms with E-state index in [1.165, 1.54) is 12.1 Å². The van der Waals surface area contributed by atoms with Gasteiger partial charge in [-0.3, -0.25) is 4.79 Å². The Balaban J connectivity index is 1.60. The highest BCUT2D eigenvalue weighted by atomic mass is 32.2. The predicted molar refractivity (Wildman–Crippen MR) is 145 cm³/mol. The second-order valence-electron chi connectivity index (χ2n) is 11.8. The molecule has 0 spiro atoms. The predicted octanol–water partition coefficient (Wildman–Crippen LogP) is 5.54. The maximum Gasteiger partial charge on any atom is 0.410 e. The third kappa shape index (κ3) is 8.73. The molecule has 2 fully saturated rings. The number of ether oxygens (including phenoxy) is 2. The molecule has 1 saturated heterocycles. The number of rotatable bonds is 11. The van der Waals surface area contributed by atoms with Gasteiger partial charge in [0.2, 0.25) is 15.9 Å². The number of aliphatic carboxylic acids is 1. The van der Waals surface area contributed by atoms with Gasteiger partial charge in [-0.2, -0.15) is 4.31 Å². The molecular weight excluding hydrogens is 565 g/mol. The molecule has 2 atom stereocenters. The van der Waals surface area contributed by atoms with Gasteiger partial charge in [0.1, 0.15) is 22.4 Å². The van der Waals surface area contributed by atoms with Crippen molar-refractivity contribution in [2.45, 2.75) is 114 Å². The first kappa shape index (κ1) is 33.0. The van der Waals surface area contributed by atoms with Crippen LogP contribution in [0.25, 0.3) is 0 Å². The lowest BCUT2D eigenvalue weighted by Crippen LogP contribution is -2.46. The number of unbranched alkanes of at least 4 members (excludes halogenated alkanes) is 2. The summed E-state index contributed by atoms with van der Waals surface area (Å²) in [7, 11) is -4.34. The maximum atomic E-state index is 14.2. The minimum Gasteiger partial charge on any atom is -0.492 e. The molecule has 13 heteroatoms. The summed E-state index contributed by atoms with van der Waals surface area (Å²) in [5.41, 5.74) is 0.00256. The third-order valence-electron chi connectivity index (χ3n) is 7.27. The van der Waals surface area contributed by atoms with Gasteiger partial charge >= 0.3 is 12.1 Å². The molecule has 3 rings (SSSR count). The molecule has 1 aromatic rings. The van der Waals surface area contributed by atoms with Crippen molar-refractivity contribution in [2.75, 3.05) is 19.7 Å². The smallest absolute Gasteiger partial charge is 0.410 e. The third-order valence-corrected chi connectivity index (χ3v) is 9.19. The number of hydrogen-bond acceptors (Lipinski definition) is 6. The Hall–Kier alpha value is -2.54. The van der Waals surface area contributed by atoms with E-state index in [0.29, 0.717) is 30.1 Å². The van der Waals surface area contributed by atoms with Crippen LogP contribution in [0.1, 0.15) is 77.7 Å². The van der Waals surface area contributed by atoms with Crippen molar-refractivity contribution in [3.05, 3.63) is 23.8 Å². The number of benzene rings is 1. The largest absolute Gasteiger partial charge is 0.492 e. The second kappa shape index (κ2) is 13.2. The highest BCUT2D eigenvalue weighted by molar-refractivity contribution is 7.89. The molecule has 1 heterocycles. The fourth-order valence-corrected chi connectivity index (χ4v) is 6.90. The molecule has 1 aromatic carbocycles. The van der Waals surface area contributed by atoms with E-state index in [1.807, 2.05) is 0 Å². The van der Waals surface area contributed by atoms with Crippen LogP contribution in [-0.4, -0.2) is 84.3 Å². The topological polar surface area (TPSA) is 113 Å². The van der Waals surface area contributed by atoms with Gasteiger partial charge in [-0.05, 0) is 83.9 Å². The van der Waals surface area contributed by atoms with Gasteiger partial charge in [0.15, 0.2) is 6.04 Å². The van der Waals surface area contributed by atoms with E-state index in [0.717, 1.165) is 5.56 Å². The van der Waals surface area contributed by atoms with Crippen molar-refractivity contribution in [3.8, 4) is 5.75 Å². The molecule has 0 aromatic heterocycles. The number of carboxylic acid groups (broad SMARTS) is 1. The molecule has 41 heavy (non-hydrogen) atoms. The molecule has 9 nitrogen and oxygen atoms in total. The Morgan fingerprint density at radius 2 is 1.78 bits per heavy atom. The van der Waals surface area contributed by atoms with Crippen LogP contribution < -0.4 is 4.74 Å². The first-order chi connectivity index (χ1) is 19.0. The van der Waals surface area contributed by atoms with Crippen molar-refractivity contribution in [2.24, 2.45) is 0 Å². The van der Waals surface area contributed by atoms with Crippen LogP contribution >= 0.6 is 0 Å². The summed E-state index contributed by atoms with van der Waals surface area (Å²) in [6.45, 7) is 7.21. The molecule has 2 aliphatic rings. The number of carboxylic acids is 1. The minimum absolute atomic E-state index is 0.0509. The number of carbonyl (C=O) groups excluding carboxylic acids is 1. The van der Waals surface area contributed by atoms with Crippen molar-refractivity contribution in [1.82, 2.24) is 9.21 Å². The summed E-state index contributed by atoms with van der Waals surface area (Å²) in [6.07, 6.45) is -1.03. The van der Waals surface area contributed by atoms with E-state index >= 15 is 0 Å². The molecular formula is C28H41F3N2O7S. The van der Waals surface area contributed by atoms with Gasteiger partial charge in [0.25, 0.3) is 0 Å². The van der Waals surface area contributed by atoms with Gasteiger partial charge in [-0.1, -0.05) is 6.07 Å². The van der Waals surface area contributed by atoms with Gasteiger partial charge in [0, 0.05) is 32.0 Å². The van der Waals surface area contributed by atoms with Crippen LogP contribution in [0.4, 0.5) is 18.0 Å². The number of sulfonamides is 1. The Kier molecular flexibility index (Phi) is 10.6. The SMILES string of the molecule is Cc1ccc(S(=O)(=O)N2CC[C@H](F)[C@H]2C(=O)O)c(OCCCCCN(C(=O)OC(C)(C)C)C2CCC(F)(F)CC2)c1. The number of aryl methyl sites for hydroxylation is 1. The molecule has 0 bridgehead atoms. The summed E-state index contributed by atoms with van der Waals surface area (Å²) in [5.74, 6) is -4.21. The Labute approximate surface area is 240 Å². The van der Waals surface area contributed by atoms with Gasteiger partial charge < -0.3 is 19.5 Å². The summed E-state index contributed by atoms with van der Waals surface area (Å²) in [6, 6.07) is 2.30. The zero-order valence-corrected chi connectivity index (χ0v) is 24.9. The van der Waals surface area contributed by atoms with E-state index in [9.17, 15) is 36.3 Å². The molecule has 232 valence electrons. The highest BCUT2D eigenvalue weighted by Gasteiger charge is 2.47. The summed E-state index contributed by atoms with van der Waals surface area (Å²) >= 11 is 0. The van der Waals surface area contributed by atoms with Crippen molar-refractivity contribution >= 4 is 22.1 Å². The van der Waals surface area contributed by atoms with E-state index in [4.69, 9.17) is 9.47 Å². The molecule has 1 aliphatic heterocycles. The second-order valence-corrected chi connectivity index (χ2v) is 13.7. The molecule has 1 amide bonds. The lowest BCUT2D eigenvalue weighted by Gasteiger charge is -2.37. The lowest BCUT2D eigenvalue weighted by atomic mass is 9.91. The first-order valence-corrected chi connectivity index (χ1v) is 15.5. The maximum absolute atomic E-state index is 14.2. The van der Waals surface area contributed by atoms with Crippen molar-refractivity contribution in [3.63, 3.8) is 0 Å². The monoisotopic (exact) mass is 606 g/mol. The quantitative estimate of drug-likeness (QED) is 0.329. The molecule has 1 aliphatic carbocycles. The van der Waals surface area contributed by atoms with E-state index in [-0.39, 0.29) is 61.9 Å². The van der Waals surface area contributed by atoms with Crippen LogP contribution in [0.5, 0.6) is 5.75 Å². The Bertz CT molecular complexity index is 1180. The summed E-state index contributed by atoms with van der Waals surface area (Å²) in [5, 5.41) is 9.39. The number of alkyl halides is 3. The average molecular weight is 607 g/mol. The lowest BCUT2D eigenvalue weighted by molar-refractivity contribution is -0.142. The zero-order chi connectivity index (χ0) is 30.6. The van der Waals surface area contributed by atoms with Crippen molar-refractivity contribution < 1.29 is 45.8 Å². The summed E-state index contributed by atoms with van der Waals surface area (Å²) in [4.78, 5) is 25.7. The van der Waals surface area contributed by atoms with Crippen LogP contribution in [-0.2, 0) is 19.6 Å². The van der Waals surface area contributed by atoms with Crippen LogP contribution in [0, 0.1) is 6.92 Å². The molecule has 1 saturated carbocycles. The van der Waals surface area contributed by atoms with Gasteiger partial charge in [-0.25, -0.2) is 26.4 Å². The molecule has 1 N–H and O–H groups in total. The normalized spacial score (nSPS) is 21.9. The fraction of sp³-hybridized carbons (Fsp3) is 0.714. The molecule has 0 radical (unpaired) electrons. The van der Waals surface area contributed by atoms with Crippen LogP contribution in [0.15, 0.2) is 23.1 Å². The number of amides is 1. The number of halogens is 3. The Morgan fingerprint density at radius 1 is 1.12 bits per heavy atom. The van der Waals surface area contributed by atoms with Gasteiger partial charge in [-0.15, -0.1) is 0 Å². The van der Waals surface area contributed by atoms with Crippen molar-refractivity contribution in [1.29, 1.82) is 0 Å². The number of nitrogens with zero attached hydrogens (tertiary/aromatic N) is 2. The van der Waals surface area contributed by atoms with E-state index in [2.05, 4.69) is 0 Å². The average Bonchev–Trinajstić information content (AvgIpc) is 3.25. The van der Waals surface area contributed by atoms with E-state index in [1.54, 1.807) is 38.7 Å². The number of hydrogen-bond donors (Lipinski definition) is 1. The standard InChI is InChI=1S/C28H41F3N2O7S/c1-19-8-9-23(41(37,38)33-16-12-21(29)24(33)25(34)35)22(18-19)39-17-7-5-6-15-32(26(36)40-27(2,3)4)20-10-13-28(30,31)14-11-20/h8-9,18,20-21,24H,5-7,10-17H2,1-4H3,(H,34,35)/t21-,24-/m0/s1. The minimum atomic E-state index is -4.34. The highest BCUT2D eigenvalue weighted by Crippen LogP contribution is 2.36. The molecule has 0 unspecified atom stereocenters. The first-order valence-electron chi connectivity index (χ1n) is 14.0. The van der Waals surface area contributed by atoms with Gasteiger partial charge in [0.05, 0.1) is 6.61 Å². The van der Waals surface area contributed by atoms with Crippen LogP contribution in [0.3, 0.4) is 0 Å². The number of carbonyl (C=O) groups is 2. The zero-order valence-electron chi connectivity index (χ0n) is 24.1. The Morgan fingerprint density at radius 3 is 2.39 bits per heavy atom. The van der Waals surface area contributed by atoms with E-state index < -0.39 is 45.8 Å². The summed E-state index contributed by atoms with van der Waals surface area (Å²) < 4.78 is 80.2.